The smallest absolute Gasteiger partial charge is 0.417 e. The van der Waals surface area contributed by atoms with Gasteiger partial charge in [-0.2, -0.15) is 17.2 Å². The SMILES string of the molecule is Cc1ccc(S(=O)(=O)OC2CN(C(=O)OC(C)(C)C)C(=O)C2(F)F)cc1. The lowest BCUT2D eigenvalue weighted by Gasteiger charge is -2.23. The van der Waals surface area contributed by atoms with Gasteiger partial charge in [0.05, 0.1) is 11.4 Å². The number of carbonyl (C=O) groups is 2. The number of nitrogens with zero attached hydrogens (tertiary/aromatic N) is 1. The van der Waals surface area contributed by atoms with Gasteiger partial charge in [0.15, 0.2) is 6.10 Å². The van der Waals surface area contributed by atoms with Gasteiger partial charge in [-0.25, -0.2) is 9.69 Å². The molecule has 0 spiro atoms. The second-order valence-corrected chi connectivity index (χ2v) is 8.44. The van der Waals surface area contributed by atoms with Gasteiger partial charge in [-0.15, -0.1) is 0 Å². The highest BCUT2D eigenvalue weighted by atomic mass is 32.2. The van der Waals surface area contributed by atoms with Gasteiger partial charge < -0.3 is 4.74 Å². The molecule has 0 bridgehead atoms. The van der Waals surface area contributed by atoms with Crippen molar-refractivity contribution in [3.63, 3.8) is 0 Å². The fourth-order valence-corrected chi connectivity index (χ4v) is 3.23. The molecule has 1 aliphatic rings. The average Bonchev–Trinajstić information content (AvgIpc) is 2.69. The third-order valence-corrected chi connectivity index (χ3v) is 4.78. The highest BCUT2D eigenvalue weighted by molar-refractivity contribution is 7.86. The first-order valence-electron chi connectivity index (χ1n) is 7.67. The Morgan fingerprint density at radius 2 is 1.77 bits per heavy atom. The van der Waals surface area contributed by atoms with E-state index in [1.54, 1.807) is 6.92 Å². The molecule has 1 aromatic carbocycles. The Labute approximate surface area is 150 Å². The van der Waals surface area contributed by atoms with Crippen LogP contribution in [-0.2, 0) is 23.8 Å². The van der Waals surface area contributed by atoms with E-state index in [1.807, 2.05) is 0 Å². The van der Waals surface area contributed by atoms with Gasteiger partial charge in [-0.3, -0.25) is 8.98 Å². The summed E-state index contributed by atoms with van der Waals surface area (Å²) in [4.78, 5) is 23.6. The lowest BCUT2D eigenvalue weighted by molar-refractivity contribution is -0.153. The molecular weight excluding hydrogens is 372 g/mol. The minimum Gasteiger partial charge on any atom is -0.443 e. The topological polar surface area (TPSA) is 90.0 Å². The van der Waals surface area contributed by atoms with Crippen molar-refractivity contribution >= 4 is 22.1 Å². The fraction of sp³-hybridized carbons (Fsp3) is 0.500. The molecule has 1 unspecified atom stereocenters. The summed E-state index contributed by atoms with van der Waals surface area (Å²) in [6, 6.07) is 5.35. The number of carbonyl (C=O) groups excluding carboxylic acids is 2. The van der Waals surface area contributed by atoms with Crippen LogP contribution in [0.25, 0.3) is 0 Å². The second kappa shape index (κ2) is 6.58. The molecule has 1 heterocycles. The van der Waals surface area contributed by atoms with Crippen LogP contribution >= 0.6 is 0 Å². The second-order valence-electron chi connectivity index (χ2n) is 6.87. The third kappa shape index (κ3) is 4.18. The molecule has 0 N–H and O–H groups in total. The summed E-state index contributed by atoms with van der Waals surface area (Å²) in [5.41, 5.74) is -0.249. The predicted octanol–water partition coefficient (Wildman–Crippen LogP) is 2.48. The number of amides is 2. The molecule has 26 heavy (non-hydrogen) atoms. The van der Waals surface area contributed by atoms with Crippen molar-refractivity contribution in [3.8, 4) is 0 Å². The van der Waals surface area contributed by atoms with Crippen LogP contribution in [0.3, 0.4) is 0 Å². The van der Waals surface area contributed by atoms with Gasteiger partial charge in [0.2, 0.25) is 0 Å². The zero-order valence-corrected chi connectivity index (χ0v) is 15.5. The molecule has 1 atom stereocenters. The highest BCUT2D eigenvalue weighted by Crippen LogP contribution is 2.34. The van der Waals surface area contributed by atoms with E-state index >= 15 is 0 Å². The molecule has 0 aromatic heterocycles. The molecule has 2 amide bonds. The van der Waals surface area contributed by atoms with E-state index in [4.69, 9.17) is 4.74 Å². The first-order chi connectivity index (χ1) is 11.7. The van der Waals surface area contributed by atoms with Crippen molar-refractivity contribution in [1.29, 1.82) is 0 Å². The molecule has 2 rings (SSSR count). The van der Waals surface area contributed by atoms with Crippen LogP contribution in [0.2, 0.25) is 0 Å². The number of likely N-dealkylation sites (tertiary alicyclic amines) is 1. The summed E-state index contributed by atoms with van der Waals surface area (Å²) >= 11 is 0. The lowest BCUT2D eigenvalue weighted by atomic mass is 10.2. The Morgan fingerprint density at radius 1 is 1.23 bits per heavy atom. The summed E-state index contributed by atoms with van der Waals surface area (Å²) in [7, 11) is -4.55. The van der Waals surface area contributed by atoms with Crippen LogP contribution in [0.5, 0.6) is 0 Å². The van der Waals surface area contributed by atoms with Crippen LogP contribution in [0.4, 0.5) is 13.6 Å². The van der Waals surface area contributed by atoms with Crippen molar-refractivity contribution < 1.29 is 35.7 Å². The predicted molar refractivity (Wildman–Crippen MR) is 86.1 cm³/mol. The number of halogens is 2. The third-order valence-electron chi connectivity index (χ3n) is 3.45. The maximum atomic E-state index is 14.2. The van der Waals surface area contributed by atoms with Crippen LogP contribution in [-0.4, -0.2) is 49.5 Å². The van der Waals surface area contributed by atoms with Crippen molar-refractivity contribution in [2.75, 3.05) is 6.54 Å². The molecule has 0 aliphatic carbocycles. The molecule has 10 heteroatoms. The van der Waals surface area contributed by atoms with E-state index in [-0.39, 0.29) is 9.80 Å². The first-order valence-corrected chi connectivity index (χ1v) is 9.07. The van der Waals surface area contributed by atoms with Gasteiger partial charge in [0.1, 0.15) is 5.60 Å². The van der Waals surface area contributed by atoms with E-state index < -0.39 is 46.3 Å². The molecule has 0 radical (unpaired) electrons. The monoisotopic (exact) mass is 391 g/mol. The van der Waals surface area contributed by atoms with E-state index in [1.165, 1.54) is 45.0 Å². The summed E-state index contributed by atoms with van der Waals surface area (Å²) in [6.45, 7) is 5.28. The zero-order chi connectivity index (χ0) is 19.9. The standard InChI is InChI=1S/C16H19F2NO6S/c1-10-5-7-11(8-6-10)26(22,23)25-12-9-19(13(20)16(12,17)18)14(21)24-15(2,3)4/h5-8,12H,9H2,1-4H3. The van der Waals surface area contributed by atoms with Gasteiger partial charge in [0, 0.05) is 0 Å². The number of hydrogen-bond acceptors (Lipinski definition) is 6. The molecule has 1 saturated heterocycles. The Kier molecular flexibility index (Phi) is 5.13. The summed E-state index contributed by atoms with van der Waals surface area (Å²) in [5, 5.41) is 0. The Hall–Kier alpha value is -2.07. The van der Waals surface area contributed by atoms with Gasteiger partial charge >= 0.3 is 17.9 Å². The number of hydrogen-bond donors (Lipinski definition) is 0. The maximum absolute atomic E-state index is 14.2. The fourth-order valence-electron chi connectivity index (χ4n) is 2.16. The number of alkyl halides is 2. The summed E-state index contributed by atoms with van der Waals surface area (Å²) in [5.74, 6) is -6.05. The van der Waals surface area contributed by atoms with Crippen LogP contribution in [0.1, 0.15) is 26.3 Å². The summed E-state index contributed by atoms with van der Waals surface area (Å²) < 4.78 is 62.2. The average molecular weight is 391 g/mol. The molecule has 0 saturated carbocycles. The molecule has 1 aromatic rings. The molecule has 1 fully saturated rings. The van der Waals surface area contributed by atoms with E-state index in [0.717, 1.165) is 5.56 Å². The Balaban J connectivity index is 2.23. The first kappa shape index (κ1) is 20.2. The van der Waals surface area contributed by atoms with Crippen molar-refractivity contribution in [3.05, 3.63) is 29.8 Å². The molecular formula is C16H19F2NO6S. The van der Waals surface area contributed by atoms with Crippen molar-refractivity contribution in [2.24, 2.45) is 0 Å². The number of benzene rings is 1. The van der Waals surface area contributed by atoms with Crippen molar-refractivity contribution in [1.82, 2.24) is 4.90 Å². The zero-order valence-electron chi connectivity index (χ0n) is 14.7. The minimum atomic E-state index is -4.55. The number of aryl methyl sites for hydroxylation is 1. The summed E-state index contributed by atoms with van der Waals surface area (Å²) in [6.07, 6.45) is -3.63. The molecule has 1 aliphatic heterocycles. The van der Waals surface area contributed by atoms with E-state index in [9.17, 15) is 26.8 Å². The normalized spacial score (nSPS) is 20.3. The highest BCUT2D eigenvalue weighted by Gasteiger charge is 2.61. The van der Waals surface area contributed by atoms with E-state index in [0.29, 0.717) is 0 Å². The number of rotatable bonds is 3. The quantitative estimate of drug-likeness (QED) is 0.736. The molecule has 7 nitrogen and oxygen atoms in total. The van der Waals surface area contributed by atoms with Crippen LogP contribution in [0.15, 0.2) is 29.2 Å². The van der Waals surface area contributed by atoms with Crippen molar-refractivity contribution in [2.45, 2.75) is 50.2 Å². The largest absolute Gasteiger partial charge is 0.443 e. The van der Waals surface area contributed by atoms with Gasteiger partial charge in [0.25, 0.3) is 10.1 Å². The maximum Gasteiger partial charge on any atom is 0.417 e. The minimum absolute atomic E-state index is 0.153. The lowest BCUT2D eigenvalue weighted by Crippen LogP contribution is -2.42. The number of imide groups is 1. The van der Waals surface area contributed by atoms with E-state index in [2.05, 4.69) is 4.18 Å². The van der Waals surface area contributed by atoms with Gasteiger partial charge in [-0.05, 0) is 39.8 Å². The number of ether oxygens (including phenoxy) is 1. The Morgan fingerprint density at radius 3 is 2.27 bits per heavy atom. The molecule has 144 valence electrons. The Bertz CT molecular complexity index is 814. The van der Waals surface area contributed by atoms with Gasteiger partial charge in [-0.1, -0.05) is 17.7 Å². The van der Waals surface area contributed by atoms with Crippen LogP contribution < -0.4 is 0 Å². The van der Waals surface area contributed by atoms with Crippen LogP contribution in [0, 0.1) is 6.92 Å².